The second-order valence-corrected chi connectivity index (χ2v) is 8.93. The van der Waals surface area contributed by atoms with Crippen LogP contribution in [0.3, 0.4) is 0 Å². The zero-order valence-corrected chi connectivity index (χ0v) is 16.9. The van der Waals surface area contributed by atoms with E-state index < -0.39 is 0 Å². The number of thioether (sulfide) groups is 1. The number of ketones is 1. The molecule has 0 amide bonds. The summed E-state index contributed by atoms with van der Waals surface area (Å²) in [6.07, 6.45) is 3.28. The highest BCUT2D eigenvalue weighted by Gasteiger charge is 2.42. The number of Topliss-reactive ketones (excluding diaryl/α,β-unsaturated/α-hetero) is 1. The molecule has 0 spiro atoms. The predicted molar refractivity (Wildman–Crippen MR) is 110 cm³/mol. The van der Waals surface area contributed by atoms with Gasteiger partial charge in [0.05, 0.1) is 0 Å². The van der Waals surface area contributed by atoms with E-state index in [1.807, 2.05) is 6.26 Å². The zero-order valence-electron chi connectivity index (χ0n) is 16.1. The van der Waals surface area contributed by atoms with E-state index in [1.54, 1.807) is 0 Å². The van der Waals surface area contributed by atoms with Crippen LogP contribution < -0.4 is 11.1 Å². The molecule has 0 radical (unpaired) electrons. The number of benzene rings is 1. The lowest BCUT2D eigenvalue weighted by molar-refractivity contribution is -0.118. The minimum Gasteiger partial charge on any atom is -0.383 e. The number of carbonyl (C=O) groups excluding carboxylic acids is 1. The van der Waals surface area contributed by atoms with E-state index in [-0.39, 0.29) is 17.1 Å². The van der Waals surface area contributed by atoms with Gasteiger partial charge in [0, 0.05) is 29.2 Å². The monoisotopic (exact) mass is 380 g/mol. The van der Waals surface area contributed by atoms with Crippen molar-refractivity contribution in [1.29, 1.82) is 0 Å². The molecule has 1 aliphatic heterocycles. The normalized spacial score (nSPS) is 20.7. The molecule has 1 aromatic carbocycles. The Morgan fingerprint density at radius 1 is 1.19 bits per heavy atom. The molecule has 6 heteroatoms. The predicted octanol–water partition coefficient (Wildman–Crippen LogP) is 4.29. The summed E-state index contributed by atoms with van der Waals surface area (Å²) in [5, 5.41) is 4.06. The molecule has 3 N–H and O–H groups in total. The van der Waals surface area contributed by atoms with E-state index in [9.17, 15) is 4.79 Å². The van der Waals surface area contributed by atoms with Crippen molar-refractivity contribution in [3.05, 3.63) is 52.2 Å². The number of nitrogen functional groups attached to an aromatic ring is 1. The third-order valence-electron chi connectivity index (χ3n) is 5.31. The van der Waals surface area contributed by atoms with E-state index >= 15 is 0 Å². The van der Waals surface area contributed by atoms with Gasteiger partial charge in [-0.05, 0) is 30.6 Å². The lowest BCUT2D eigenvalue weighted by Gasteiger charge is -2.39. The van der Waals surface area contributed by atoms with Gasteiger partial charge in [-0.1, -0.05) is 55.4 Å². The first-order valence-electron chi connectivity index (χ1n) is 9.10. The molecule has 2 heterocycles. The van der Waals surface area contributed by atoms with Gasteiger partial charge < -0.3 is 11.1 Å². The fraction of sp³-hybridized carbons (Fsp3) is 0.381. The summed E-state index contributed by atoms with van der Waals surface area (Å²) in [7, 11) is 0. The number of rotatable bonds is 2. The van der Waals surface area contributed by atoms with E-state index in [4.69, 9.17) is 5.73 Å². The maximum Gasteiger partial charge on any atom is 0.191 e. The van der Waals surface area contributed by atoms with Crippen LogP contribution in [0.4, 0.5) is 11.6 Å². The first-order valence-corrected chi connectivity index (χ1v) is 10.3. The van der Waals surface area contributed by atoms with Gasteiger partial charge >= 0.3 is 0 Å². The Morgan fingerprint density at radius 3 is 2.56 bits per heavy atom. The molecule has 140 valence electrons. The molecule has 5 nitrogen and oxygen atoms in total. The number of nitrogens with zero attached hydrogens (tertiary/aromatic N) is 2. The van der Waals surface area contributed by atoms with Crippen molar-refractivity contribution in [2.75, 3.05) is 17.3 Å². The quantitative estimate of drug-likeness (QED) is 0.597. The largest absolute Gasteiger partial charge is 0.383 e. The Morgan fingerprint density at radius 2 is 1.89 bits per heavy atom. The number of nitrogens with two attached hydrogens (primary N) is 1. The smallest absolute Gasteiger partial charge is 0.191 e. The van der Waals surface area contributed by atoms with Gasteiger partial charge in [0.25, 0.3) is 0 Å². The van der Waals surface area contributed by atoms with E-state index in [1.165, 1.54) is 17.3 Å². The number of anilines is 2. The second-order valence-electron chi connectivity index (χ2n) is 8.16. The Bertz CT molecular complexity index is 963. The topological polar surface area (TPSA) is 80.9 Å². The van der Waals surface area contributed by atoms with E-state index in [0.717, 1.165) is 34.6 Å². The van der Waals surface area contributed by atoms with Gasteiger partial charge in [0.1, 0.15) is 11.6 Å². The molecule has 2 aromatic rings. The Labute approximate surface area is 163 Å². The van der Waals surface area contributed by atoms with Crippen LogP contribution in [-0.2, 0) is 4.79 Å². The number of allylic oxidation sites excluding steroid dienone is 2. The Kier molecular flexibility index (Phi) is 4.26. The molecule has 1 aliphatic carbocycles. The van der Waals surface area contributed by atoms with Crippen LogP contribution in [0, 0.1) is 12.3 Å². The number of fused-ring (bicyclic) bond motifs is 1. The summed E-state index contributed by atoms with van der Waals surface area (Å²) in [6, 6.07) is 8.30. The summed E-state index contributed by atoms with van der Waals surface area (Å²) < 4.78 is 0. The summed E-state index contributed by atoms with van der Waals surface area (Å²) in [5.74, 6) is 1.11. The summed E-state index contributed by atoms with van der Waals surface area (Å²) in [6.45, 7) is 6.32. The van der Waals surface area contributed by atoms with Crippen molar-refractivity contribution >= 4 is 29.2 Å². The van der Waals surface area contributed by atoms with Crippen molar-refractivity contribution in [3.63, 3.8) is 0 Å². The summed E-state index contributed by atoms with van der Waals surface area (Å²) in [5.41, 5.74) is 11.1. The van der Waals surface area contributed by atoms with E-state index in [0.29, 0.717) is 17.4 Å². The highest BCUT2D eigenvalue weighted by Crippen LogP contribution is 2.49. The number of hydrogen-bond acceptors (Lipinski definition) is 6. The van der Waals surface area contributed by atoms with Gasteiger partial charge in [-0.3, -0.25) is 4.79 Å². The minimum absolute atomic E-state index is 0.0703. The van der Waals surface area contributed by atoms with Gasteiger partial charge in [0.2, 0.25) is 0 Å². The second kappa shape index (κ2) is 6.37. The molecular weight excluding hydrogens is 356 g/mol. The minimum atomic E-state index is -0.226. The van der Waals surface area contributed by atoms with Crippen molar-refractivity contribution in [2.24, 2.45) is 5.41 Å². The van der Waals surface area contributed by atoms with Crippen LogP contribution in [0.2, 0.25) is 0 Å². The lowest BCUT2D eigenvalue weighted by Crippen LogP contribution is -2.34. The van der Waals surface area contributed by atoms with Crippen LogP contribution in [0.5, 0.6) is 0 Å². The SMILES string of the molecule is CSc1nc(N)c2c(n1)NC1=C(C(=O)CC(C)(C)C1)C2c1ccc(C)cc1. The van der Waals surface area contributed by atoms with Crippen LogP contribution in [0.15, 0.2) is 40.7 Å². The van der Waals surface area contributed by atoms with Crippen LogP contribution in [0.1, 0.15) is 49.3 Å². The molecule has 2 aliphatic rings. The van der Waals surface area contributed by atoms with Gasteiger partial charge in [-0.2, -0.15) is 0 Å². The summed E-state index contributed by atoms with van der Waals surface area (Å²) in [4.78, 5) is 22.3. The fourth-order valence-electron chi connectivity index (χ4n) is 4.10. The highest BCUT2D eigenvalue weighted by molar-refractivity contribution is 7.98. The van der Waals surface area contributed by atoms with Gasteiger partial charge in [0.15, 0.2) is 10.9 Å². The van der Waals surface area contributed by atoms with Crippen molar-refractivity contribution in [1.82, 2.24) is 9.97 Å². The van der Waals surface area contributed by atoms with Gasteiger partial charge in [-0.25, -0.2) is 9.97 Å². The van der Waals surface area contributed by atoms with Crippen molar-refractivity contribution in [2.45, 2.75) is 44.7 Å². The third kappa shape index (κ3) is 3.12. The number of carbonyl (C=O) groups is 1. The average molecular weight is 381 g/mol. The number of hydrogen-bond donors (Lipinski definition) is 2. The standard InChI is InChI=1S/C21H24N4OS/c1-11-5-7-12(8-6-11)15-16-13(9-21(2,3)10-14(16)26)23-19-17(15)18(22)24-20(25-19)27-4/h5-8,15H,9-10H2,1-4H3,(H3,22,23,24,25). The molecular formula is C21H24N4OS. The van der Waals surface area contributed by atoms with Crippen molar-refractivity contribution in [3.8, 4) is 0 Å². The molecule has 1 unspecified atom stereocenters. The maximum atomic E-state index is 13.2. The number of nitrogens with one attached hydrogen (secondary N) is 1. The first kappa shape index (κ1) is 18.0. The molecule has 4 rings (SSSR count). The molecule has 0 fully saturated rings. The lowest BCUT2D eigenvalue weighted by atomic mass is 9.69. The van der Waals surface area contributed by atoms with Crippen molar-refractivity contribution < 1.29 is 4.79 Å². The van der Waals surface area contributed by atoms with Crippen LogP contribution >= 0.6 is 11.8 Å². The number of aromatic nitrogens is 2. The molecule has 0 saturated heterocycles. The Balaban J connectivity index is 1.96. The first-order chi connectivity index (χ1) is 12.8. The number of aryl methyl sites for hydroxylation is 1. The zero-order chi connectivity index (χ0) is 19.3. The third-order valence-corrected chi connectivity index (χ3v) is 5.86. The average Bonchev–Trinajstić information content (AvgIpc) is 2.59. The van der Waals surface area contributed by atoms with Crippen LogP contribution in [-0.4, -0.2) is 22.0 Å². The highest BCUT2D eigenvalue weighted by atomic mass is 32.2. The molecule has 27 heavy (non-hydrogen) atoms. The van der Waals surface area contributed by atoms with E-state index in [2.05, 4.69) is 60.3 Å². The molecule has 0 bridgehead atoms. The fourth-order valence-corrected chi connectivity index (χ4v) is 4.47. The Hall–Kier alpha value is -2.34. The molecule has 1 aromatic heterocycles. The maximum absolute atomic E-state index is 13.2. The summed E-state index contributed by atoms with van der Waals surface area (Å²) >= 11 is 1.46. The van der Waals surface area contributed by atoms with Crippen LogP contribution in [0.25, 0.3) is 0 Å². The molecule has 1 atom stereocenters. The van der Waals surface area contributed by atoms with Gasteiger partial charge in [-0.15, -0.1) is 0 Å². The molecule has 0 saturated carbocycles.